The van der Waals surface area contributed by atoms with Gasteiger partial charge in [0.15, 0.2) is 11.6 Å². The summed E-state index contributed by atoms with van der Waals surface area (Å²) in [6, 6.07) is 21.0. The molecule has 3 aromatic carbocycles. The van der Waals surface area contributed by atoms with Crippen LogP contribution in [0.1, 0.15) is 87.7 Å². The molecule has 1 N–H and O–H groups in total. The first-order valence-electron chi connectivity index (χ1n) is 16.2. The average Bonchev–Trinajstić information content (AvgIpc) is 3.06. The number of benzene rings is 3. The third-order valence-electron chi connectivity index (χ3n) is 8.20. The van der Waals surface area contributed by atoms with Gasteiger partial charge in [-0.1, -0.05) is 95.8 Å². The van der Waals surface area contributed by atoms with Gasteiger partial charge in [0.25, 0.3) is 0 Å². The highest BCUT2D eigenvalue weighted by Crippen LogP contribution is 2.30. The summed E-state index contributed by atoms with van der Waals surface area (Å²) < 4.78 is 11.4. The minimum atomic E-state index is -1.01. The Bertz CT molecular complexity index is 1570. The largest absolute Gasteiger partial charge is 0.496 e. The Morgan fingerprint density at radius 2 is 1.48 bits per heavy atom. The number of carbonyl (C=O) groups is 2. The number of hydrogen-bond acceptors (Lipinski definition) is 6. The van der Waals surface area contributed by atoms with E-state index in [1.54, 1.807) is 18.5 Å². The predicted molar refractivity (Wildman–Crippen MR) is 183 cm³/mol. The number of carboxylic acids is 1. The number of aliphatic carboxylic acids is 1. The van der Waals surface area contributed by atoms with E-state index < -0.39 is 11.9 Å². The Labute approximate surface area is 273 Å². The first-order chi connectivity index (χ1) is 22.1. The highest BCUT2D eigenvalue weighted by atomic mass is 16.5. The van der Waals surface area contributed by atoms with Crippen LogP contribution < -0.4 is 9.47 Å². The Morgan fingerprint density at radius 3 is 2.09 bits per heavy atom. The van der Waals surface area contributed by atoms with E-state index in [0.29, 0.717) is 17.1 Å². The Hall–Kier alpha value is -4.52. The molecule has 0 bridgehead atoms. The summed E-state index contributed by atoms with van der Waals surface area (Å²) >= 11 is 0. The lowest BCUT2D eigenvalue weighted by atomic mass is 9.85. The molecule has 0 aliphatic rings. The van der Waals surface area contributed by atoms with Gasteiger partial charge >= 0.3 is 5.97 Å². The zero-order valence-electron chi connectivity index (χ0n) is 27.7. The minimum absolute atomic E-state index is 0.105. The van der Waals surface area contributed by atoms with Crippen LogP contribution in [0.3, 0.4) is 0 Å². The lowest BCUT2D eigenvalue weighted by molar-refractivity contribution is -0.141. The third kappa shape index (κ3) is 9.49. The fourth-order valence-electron chi connectivity index (χ4n) is 5.31. The number of carboxylic acid groups (broad SMARTS) is 1. The molecule has 0 saturated carbocycles. The molecule has 0 fully saturated rings. The molecular weight excluding hydrogens is 576 g/mol. The second-order valence-electron chi connectivity index (χ2n) is 12.8. The van der Waals surface area contributed by atoms with Crippen LogP contribution in [0.5, 0.6) is 11.5 Å². The molecule has 0 aliphatic heterocycles. The second kappa shape index (κ2) is 16.2. The number of nitrogens with zero attached hydrogens (tertiary/aromatic N) is 2. The van der Waals surface area contributed by atoms with Crippen LogP contribution >= 0.6 is 0 Å². The van der Waals surface area contributed by atoms with Crippen molar-refractivity contribution in [3.05, 3.63) is 95.8 Å². The maximum atomic E-state index is 13.2. The van der Waals surface area contributed by atoms with Crippen LogP contribution in [0.25, 0.3) is 22.5 Å². The fraction of sp³-hybridized carbons (Fsp3) is 0.385. The van der Waals surface area contributed by atoms with E-state index in [4.69, 9.17) is 9.47 Å². The number of ketones is 1. The van der Waals surface area contributed by atoms with Crippen molar-refractivity contribution in [2.45, 2.75) is 78.1 Å². The molecule has 0 aliphatic carbocycles. The van der Waals surface area contributed by atoms with Gasteiger partial charge in [0, 0.05) is 29.9 Å². The van der Waals surface area contributed by atoms with Crippen molar-refractivity contribution >= 4 is 11.8 Å². The molecule has 46 heavy (non-hydrogen) atoms. The van der Waals surface area contributed by atoms with Crippen LogP contribution in [-0.4, -0.2) is 40.5 Å². The first kappa shape index (κ1) is 34.4. The van der Waals surface area contributed by atoms with Crippen molar-refractivity contribution in [1.29, 1.82) is 0 Å². The van der Waals surface area contributed by atoms with E-state index >= 15 is 0 Å². The molecule has 7 heteroatoms. The molecule has 0 amide bonds. The summed E-state index contributed by atoms with van der Waals surface area (Å²) in [4.78, 5) is 34.5. The number of Topliss-reactive ketones (excluding diaryl/α,β-unsaturated/α-hetero) is 1. The molecular formula is C39H46N2O5. The van der Waals surface area contributed by atoms with Gasteiger partial charge in [-0.05, 0) is 59.2 Å². The van der Waals surface area contributed by atoms with Gasteiger partial charge in [-0.15, -0.1) is 0 Å². The summed E-state index contributed by atoms with van der Waals surface area (Å²) in [7, 11) is 1.52. The number of unbranched alkanes of at least 4 members (excludes halogenated alkanes) is 4. The molecule has 0 spiro atoms. The van der Waals surface area contributed by atoms with Gasteiger partial charge in [-0.3, -0.25) is 9.59 Å². The van der Waals surface area contributed by atoms with E-state index in [0.717, 1.165) is 46.6 Å². The first-order valence-corrected chi connectivity index (χ1v) is 16.2. The van der Waals surface area contributed by atoms with Crippen molar-refractivity contribution < 1.29 is 24.2 Å². The molecule has 7 nitrogen and oxygen atoms in total. The fourth-order valence-corrected chi connectivity index (χ4v) is 5.31. The SMILES string of the molecule is CCCCCCCOc1ccc(-c2cnc(-c3ccc(C[C@H](CC(=O)c4ccc(C(C)(C)C)cc4OC)C(=O)O)cc3)nc2)cc1. The van der Waals surface area contributed by atoms with Crippen molar-refractivity contribution in [1.82, 2.24) is 9.97 Å². The third-order valence-corrected chi connectivity index (χ3v) is 8.20. The van der Waals surface area contributed by atoms with E-state index in [2.05, 4.69) is 37.7 Å². The summed E-state index contributed by atoms with van der Waals surface area (Å²) in [5.74, 6) is -0.233. The zero-order valence-corrected chi connectivity index (χ0v) is 27.7. The van der Waals surface area contributed by atoms with Gasteiger partial charge in [0.2, 0.25) is 0 Å². The minimum Gasteiger partial charge on any atom is -0.496 e. The molecule has 4 aromatic rings. The van der Waals surface area contributed by atoms with Crippen LogP contribution in [0.4, 0.5) is 0 Å². The van der Waals surface area contributed by atoms with Crippen LogP contribution in [0.15, 0.2) is 79.1 Å². The van der Waals surface area contributed by atoms with E-state index in [1.165, 1.54) is 32.8 Å². The lowest BCUT2D eigenvalue weighted by Crippen LogP contribution is -2.21. The normalized spacial score (nSPS) is 12.0. The molecule has 1 heterocycles. The van der Waals surface area contributed by atoms with Crippen molar-refractivity contribution in [3.8, 4) is 34.0 Å². The molecule has 1 aromatic heterocycles. The van der Waals surface area contributed by atoms with Crippen molar-refractivity contribution in [2.24, 2.45) is 5.92 Å². The van der Waals surface area contributed by atoms with Gasteiger partial charge in [-0.2, -0.15) is 0 Å². The van der Waals surface area contributed by atoms with Crippen molar-refractivity contribution in [3.63, 3.8) is 0 Å². The zero-order chi connectivity index (χ0) is 33.1. The molecule has 1 atom stereocenters. The summed E-state index contributed by atoms with van der Waals surface area (Å²) in [6.45, 7) is 9.21. The molecule has 242 valence electrons. The topological polar surface area (TPSA) is 98.6 Å². The van der Waals surface area contributed by atoms with Crippen LogP contribution in [-0.2, 0) is 16.6 Å². The summed E-state index contributed by atoms with van der Waals surface area (Å²) in [5, 5.41) is 9.94. The van der Waals surface area contributed by atoms with Gasteiger partial charge < -0.3 is 14.6 Å². The number of methoxy groups -OCH3 is 1. The van der Waals surface area contributed by atoms with E-state index in [-0.39, 0.29) is 24.0 Å². The predicted octanol–water partition coefficient (Wildman–Crippen LogP) is 8.98. The quantitative estimate of drug-likeness (QED) is 0.0983. The average molecular weight is 623 g/mol. The Morgan fingerprint density at radius 1 is 0.826 bits per heavy atom. The highest BCUT2D eigenvalue weighted by molar-refractivity contribution is 6.00. The molecule has 0 saturated heterocycles. The summed E-state index contributed by atoms with van der Waals surface area (Å²) in [5.41, 5.74) is 4.89. The maximum absolute atomic E-state index is 13.2. The molecule has 0 unspecified atom stereocenters. The Kier molecular flexibility index (Phi) is 12.1. The van der Waals surface area contributed by atoms with Gasteiger partial charge in [0.1, 0.15) is 11.5 Å². The number of hydrogen-bond donors (Lipinski definition) is 1. The van der Waals surface area contributed by atoms with Gasteiger partial charge in [-0.25, -0.2) is 9.97 Å². The monoisotopic (exact) mass is 622 g/mol. The number of aromatic nitrogens is 2. The number of carbonyl (C=O) groups excluding carboxylic acids is 1. The Balaban J connectivity index is 1.35. The lowest BCUT2D eigenvalue weighted by Gasteiger charge is -2.21. The van der Waals surface area contributed by atoms with E-state index in [9.17, 15) is 14.7 Å². The molecule has 4 rings (SSSR count). The molecule has 0 radical (unpaired) electrons. The summed E-state index contributed by atoms with van der Waals surface area (Å²) in [6.07, 6.45) is 9.75. The second-order valence-corrected chi connectivity index (χ2v) is 12.8. The maximum Gasteiger partial charge on any atom is 0.307 e. The van der Waals surface area contributed by atoms with Crippen LogP contribution in [0, 0.1) is 5.92 Å². The smallest absolute Gasteiger partial charge is 0.307 e. The highest BCUT2D eigenvalue weighted by Gasteiger charge is 2.25. The number of ether oxygens (including phenoxy) is 2. The van der Waals surface area contributed by atoms with Gasteiger partial charge in [0.05, 0.1) is 25.2 Å². The standard InChI is InChI=1S/C39H46N2O5/c1-6-7-8-9-10-21-46-33-18-15-28(16-19-33)31-25-40-37(41-26-31)29-13-11-27(12-14-29)22-30(38(43)44)23-35(42)34-20-17-32(39(2,3)4)24-36(34)45-5/h11-20,24-26,30H,6-10,21-23H2,1-5H3,(H,43,44)/t30-/m1/s1. The van der Waals surface area contributed by atoms with E-state index in [1.807, 2.05) is 60.7 Å². The van der Waals surface area contributed by atoms with Crippen molar-refractivity contribution in [2.75, 3.05) is 13.7 Å². The number of rotatable bonds is 16. The van der Waals surface area contributed by atoms with Crippen LogP contribution in [0.2, 0.25) is 0 Å².